The second-order valence-electron chi connectivity index (χ2n) is 4.39. The van der Waals surface area contributed by atoms with E-state index in [1.807, 2.05) is 19.1 Å². The van der Waals surface area contributed by atoms with Crippen LogP contribution in [0.3, 0.4) is 0 Å². The molecule has 19 heavy (non-hydrogen) atoms. The maximum atomic E-state index is 5.43. The molecule has 0 aliphatic rings. The van der Waals surface area contributed by atoms with Crippen molar-refractivity contribution in [1.29, 1.82) is 0 Å². The minimum absolute atomic E-state index is 0.708. The average molecular weight is 367 g/mol. The summed E-state index contributed by atoms with van der Waals surface area (Å²) < 4.78 is 6.70. The Morgan fingerprint density at radius 1 is 1.11 bits per heavy atom. The molecule has 2 nitrogen and oxygen atoms in total. The Balaban J connectivity index is 1.98. The molecule has 0 radical (unpaired) electrons. The Morgan fingerprint density at radius 3 is 2.47 bits per heavy atom. The van der Waals surface area contributed by atoms with Gasteiger partial charge in [-0.1, -0.05) is 12.1 Å². The average Bonchev–Trinajstić information content (AvgIpc) is 2.40. The highest BCUT2D eigenvalue weighted by molar-refractivity contribution is 14.1. The molecule has 0 fully saturated rings. The van der Waals surface area contributed by atoms with Crippen molar-refractivity contribution in [2.75, 3.05) is 11.9 Å². The number of halogens is 1. The molecule has 0 amide bonds. The Labute approximate surface area is 128 Å². The number of benzene rings is 2. The van der Waals surface area contributed by atoms with E-state index in [0.29, 0.717) is 6.61 Å². The predicted molar refractivity (Wildman–Crippen MR) is 88.8 cm³/mol. The van der Waals surface area contributed by atoms with Crippen LogP contribution in [0.15, 0.2) is 42.5 Å². The standard InChI is InChI=1S/C16H18INO/c1-3-19-15-7-4-13(5-8-15)11-18-16-9-6-14(17)10-12(16)2/h4-10,18H,3,11H2,1-2H3. The molecule has 0 aliphatic carbocycles. The summed E-state index contributed by atoms with van der Waals surface area (Å²) in [6, 6.07) is 14.7. The molecule has 0 heterocycles. The van der Waals surface area contributed by atoms with Crippen LogP contribution in [0.1, 0.15) is 18.1 Å². The minimum atomic E-state index is 0.708. The molecular formula is C16H18INO. The quantitative estimate of drug-likeness (QED) is 0.780. The molecule has 0 bridgehead atoms. The maximum absolute atomic E-state index is 5.43. The van der Waals surface area contributed by atoms with Crippen LogP contribution in [0, 0.1) is 10.5 Å². The monoisotopic (exact) mass is 367 g/mol. The third-order valence-electron chi connectivity index (χ3n) is 2.91. The van der Waals surface area contributed by atoms with Crippen molar-refractivity contribution in [2.45, 2.75) is 20.4 Å². The van der Waals surface area contributed by atoms with Crippen LogP contribution >= 0.6 is 22.6 Å². The van der Waals surface area contributed by atoms with Crippen molar-refractivity contribution in [3.05, 3.63) is 57.2 Å². The van der Waals surface area contributed by atoms with Gasteiger partial charge in [-0.2, -0.15) is 0 Å². The fourth-order valence-electron chi connectivity index (χ4n) is 1.89. The van der Waals surface area contributed by atoms with Crippen LogP contribution in [0.25, 0.3) is 0 Å². The van der Waals surface area contributed by atoms with E-state index < -0.39 is 0 Å². The minimum Gasteiger partial charge on any atom is -0.494 e. The molecule has 2 rings (SSSR count). The molecule has 2 aromatic carbocycles. The third-order valence-corrected chi connectivity index (χ3v) is 3.58. The smallest absolute Gasteiger partial charge is 0.119 e. The van der Waals surface area contributed by atoms with E-state index >= 15 is 0 Å². The van der Waals surface area contributed by atoms with Gasteiger partial charge in [-0.15, -0.1) is 0 Å². The van der Waals surface area contributed by atoms with Gasteiger partial charge < -0.3 is 10.1 Å². The third kappa shape index (κ3) is 4.13. The number of anilines is 1. The van der Waals surface area contributed by atoms with E-state index in [1.165, 1.54) is 20.4 Å². The normalized spacial score (nSPS) is 10.3. The lowest BCUT2D eigenvalue weighted by Gasteiger charge is -2.10. The molecule has 0 unspecified atom stereocenters. The van der Waals surface area contributed by atoms with E-state index in [1.54, 1.807) is 0 Å². The topological polar surface area (TPSA) is 21.3 Å². The summed E-state index contributed by atoms with van der Waals surface area (Å²) >= 11 is 2.33. The van der Waals surface area contributed by atoms with Gasteiger partial charge in [0, 0.05) is 15.8 Å². The van der Waals surface area contributed by atoms with Gasteiger partial charge in [-0.3, -0.25) is 0 Å². The zero-order valence-electron chi connectivity index (χ0n) is 11.2. The number of rotatable bonds is 5. The summed E-state index contributed by atoms with van der Waals surface area (Å²) in [6.07, 6.45) is 0. The largest absolute Gasteiger partial charge is 0.494 e. The summed E-state index contributed by atoms with van der Waals surface area (Å²) in [5, 5.41) is 3.46. The van der Waals surface area contributed by atoms with Crippen molar-refractivity contribution < 1.29 is 4.74 Å². The SMILES string of the molecule is CCOc1ccc(CNc2ccc(I)cc2C)cc1. The van der Waals surface area contributed by atoms with Gasteiger partial charge in [0.2, 0.25) is 0 Å². The van der Waals surface area contributed by atoms with Gasteiger partial charge in [0.15, 0.2) is 0 Å². The van der Waals surface area contributed by atoms with Crippen LogP contribution < -0.4 is 10.1 Å². The fraction of sp³-hybridized carbons (Fsp3) is 0.250. The number of hydrogen-bond acceptors (Lipinski definition) is 2. The molecule has 0 aromatic heterocycles. The molecule has 0 saturated heterocycles. The molecular weight excluding hydrogens is 349 g/mol. The summed E-state index contributed by atoms with van der Waals surface area (Å²) in [4.78, 5) is 0. The highest BCUT2D eigenvalue weighted by atomic mass is 127. The van der Waals surface area contributed by atoms with Gasteiger partial charge in [0.25, 0.3) is 0 Å². The molecule has 3 heteroatoms. The highest BCUT2D eigenvalue weighted by Gasteiger charge is 1.99. The first-order valence-electron chi connectivity index (χ1n) is 6.41. The molecule has 1 N–H and O–H groups in total. The Bertz CT molecular complexity index is 537. The molecule has 100 valence electrons. The van der Waals surface area contributed by atoms with E-state index in [4.69, 9.17) is 4.74 Å². The lowest BCUT2D eigenvalue weighted by atomic mass is 10.1. The van der Waals surface area contributed by atoms with Crippen molar-refractivity contribution in [3.63, 3.8) is 0 Å². The van der Waals surface area contributed by atoms with Crippen molar-refractivity contribution in [3.8, 4) is 5.75 Å². The number of ether oxygens (including phenoxy) is 1. The van der Waals surface area contributed by atoms with Crippen LogP contribution in [-0.2, 0) is 6.54 Å². The number of nitrogens with one attached hydrogen (secondary N) is 1. The van der Waals surface area contributed by atoms with E-state index in [-0.39, 0.29) is 0 Å². The van der Waals surface area contributed by atoms with Gasteiger partial charge in [-0.25, -0.2) is 0 Å². The second-order valence-corrected chi connectivity index (χ2v) is 5.64. The number of hydrogen-bond donors (Lipinski definition) is 1. The highest BCUT2D eigenvalue weighted by Crippen LogP contribution is 2.19. The van der Waals surface area contributed by atoms with Gasteiger partial charge in [0.1, 0.15) is 5.75 Å². The van der Waals surface area contributed by atoms with E-state index in [9.17, 15) is 0 Å². The lowest BCUT2D eigenvalue weighted by molar-refractivity contribution is 0.340. The van der Waals surface area contributed by atoms with Crippen LogP contribution in [0.5, 0.6) is 5.75 Å². The van der Waals surface area contributed by atoms with Gasteiger partial charge >= 0.3 is 0 Å². The van der Waals surface area contributed by atoms with Crippen molar-refractivity contribution >= 4 is 28.3 Å². The summed E-state index contributed by atoms with van der Waals surface area (Å²) in [6.45, 7) is 5.66. The fourth-order valence-corrected chi connectivity index (χ4v) is 2.54. The molecule has 0 atom stereocenters. The predicted octanol–water partition coefficient (Wildman–Crippen LogP) is 4.61. The number of aryl methyl sites for hydroxylation is 1. The van der Waals surface area contributed by atoms with Gasteiger partial charge in [0.05, 0.1) is 6.61 Å². The van der Waals surface area contributed by atoms with Crippen molar-refractivity contribution in [1.82, 2.24) is 0 Å². The maximum Gasteiger partial charge on any atom is 0.119 e. The molecule has 0 aliphatic heterocycles. The molecule has 0 spiro atoms. The first-order chi connectivity index (χ1) is 9.19. The Kier molecular flexibility index (Phi) is 5.07. The zero-order valence-corrected chi connectivity index (χ0v) is 13.4. The lowest BCUT2D eigenvalue weighted by Crippen LogP contribution is -2.01. The Morgan fingerprint density at radius 2 is 1.84 bits per heavy atom. The van der Waals surface area contributed by atoms with Crippen molar-refractivity contribution in [2.24, 2.45) is 0 Å². The van der Waals surface area contributed by atoms with Gasteiger partial charge in [-0.05, 0) is 77.9 Å². The summed E-state index contributed by atoms with van der Waals surface area (Å²) in [7, 11) is 0. The summed E-state index contributed by atoms with van der Waals surface area (Å²) in [5.41, 5.74) is 3.72. The van der Waals surface area contributed by atoms with Crippen LogP contribution in [0.2, 0.25) is 0 Å². The zero-order chi connectivity index (χ0) is 13.7. The van der Waals surface area contributed by atoms with Crippen LogP contribution in [0.4, 0.5) is 5.69 Å². The second kappa shape index (κ2) is 6.80. The summed E-state index contributed by atoms with van der Waals surface area (Å²) in [5.74, 6) is 0.927. The Hall–Kier alpha value is -1.23. The molecule has 2 aromatic rings. The first-order valence-corrected chi connectivity index (χ1v) is 7.48. The molecule has 0 saturated carbocycles. The van der Waals surface area contributed by atoms with E-state index in [0.717, 1.165) is 12.3 Å². The first kappa shape index (κ1) is 14.2. The van der Waals surface area contributed by atoms with Crippen LogP contribution in [-0.4, -0.2) is 6.61 Å². The van der Waals surface area contributed by atoms with E-state index in [2.05, 4.69) is 65.2 Å².